The molecule has 5 rings (SSSR count). The number of fused-ring (bicyclic) bond motifs is 4. The molecule has 0 saturated carbocycles. The molecule has 1 aliphatic rings. The van der Waals surface area contributed by atoms with Crippen molar-refractivity contribution < 1.29 is 14.3 Å². The van der Waals surface area contributed by atoms with Crippen molar-refractivity contribution in [3.8, 4) is 11.5 Å². The number of benzene rings is 2. The van der Waals surface area contributed by atoms with Gasteiger partial charge in [0.25, 0.3) is 0 Å². The van der Waals surface area contributed by atoms with E-state index in [1.54, 1.807) is 0 Å². The lowest BCUT2D eigenvalue weighted by Crippen LogP contribution is -2.41. The van der Waals surface area contributed by atoms with E-state index in [9.17, 15) is 4.79 Å². The molecule has 0 bridgehead atoms. The molecule has 146 valence electrons. The third-order valence-electron chi connectivity index (χ3n) is 4.53. The van der Waals surface area contributed by atoms with Crippen molar-refractivity contribution in [2.45, 2.75) is 11.3 Å². The maximum atomic E-state index is 12.2. The van der Waals surface area contributed by atoms with E-state index < -0.39 is 0 Å². The summed E-state index contributed by atoms with van der Waals surface area (Å²) < 4.78 is 11.5. The van der Waals surface area contributed by atoms with Crippen LogP contribution in [-0.4, -0.2) is 51.1 Å². The minimum atomic E-state index is -0.223. The quantitative estimate of drug-likeness (QED) is 0.490. The Morgan fingerprint density at radius 1 is 1.14 bits per heavy atom. The van der Waals surface area contributed by atoms with E-state index in [4.69, 9.17) is 9.47 Å². The fourth-order valence-corrected chi connectivity index (χ4v) is 3.76. The fourth-order valence-electron chi connectivity index (χ4n) is 3.14. The summed E-state index contributed by atoms with van der Waals surface area (Å²) in [5.41, 5.74) is 2.35. The lowest BCUT2D eigenvalue weighted by Gasteiger charge is -2.26. The molecule has 2 aromatic heterocycles. The zero-order valence-electron chi connectivity index (χ0n) is 15.3. The second-order valence-corrected chi connectivity index (χ2v) is 7.50. The van der Waals surface area contributed by atoms with Gasteiger partial charge in [-0.15, -0.1) is 10.2 Å². The summed E-state index contributed by atoms with van der Waals surface area (Å²) in [5.74, 6) is 1.48. The number of nitrogens with one attached hydrogen (secondary N) is 2. The first-order chi connectivity index (χ1) is 14.3. The molecule has 9 heteroatoms. The van der Waals surface area contributed by atoms with Crippen LogP contribution in [0.1, 0.15) is 0 Å². The SMILES string of the molecule is O=C(CSc1nnc2c(n1)[nH]c1ccccc12)NC[C@@H]1COc2ccccc2O1. The van der Waals surface area contributed by atoms with E-state index >= 15 is 0 Å². The van der Waals surface area contributed by atoms with Gasteiger partial charge >= 0.3 is 0 Å². The number of hydrogen-bond acceptors (Lipinski definition) is 7. The third-order valence-corrected chi connectivity index (χ3v) is 5.37. The molecule has 29 heavy (non-hydrogen) atoms. The molecule has 0 aliphatic carbocycles. The lowest BCUT2D eigenvalue weighted by molar-refractivity contribution is -0.119. The lowest BCUT2D eigenvalue weighted by atomic mass is 10.2. The molecule has 2 aromatic carbocycles. The van der Waals surface area contributed by atoms with Gasteiger partial charge in [0.15, 0.2) is 17.1 Å². The average molecular weight is 407 g/mol. The normalized spacial score (nSPS) is 15.5. The van der Waals surface area contributed by atoms with Gasteiger partial charge in [-0.25, -0.2) is 4.98 Å². The number of hydrogen-bond donors (Lipinski definition) is 2. The zero-order valence-corrected chi connectivity index (χ0v) is 16.1. The number of aromatic amines is 1. The molecule has 1 atom stereocenters. The summed E-state index contributed by atoms with van der Waals surface area (Å²) in [5, 5.41) is 12.7. The maximum absolute atomic E-state index is 12.2. The highest BCUT2D eigenvalue weighted by Crippen LogP contribution is 2.30. The number of carbonyl (C=O) groups is 1. The predicted octanol–water partition coefficient (Wildman–Crippen LogP) is 2.55. The highest BCUT2D eigenvalue weighted by atomic mass is 32.2. The highest BCUT2D eigenvalue weighted by Gasteiger charge is 2.21. The summed E-state index contributed by atoms with van der Waals surface area (Å²) in [6.07, 6.45) is -0.223. The molecule has 1 amide bonds. The molecule has 0 fully saturated rings. The Labute approximate surface area is 170 Å². The van der Waals surface area contributed by atoms with Crippen LogP contribution >= 0.6 is 11.8 Å². The molecule has 0 saturated heterocycles. The van der Waals surface area contributed by atoms with Crippen LogP contribution in [0.3, 0.4) is 0 Å². The van der Waals surface area contributed by atoms with E-state index in [0.29, 0.717) is 29.7 Å². The number of thioether (sulfide) groups is 1. The molecule has 8 nitrogen and oxygen atoms in total. The van der Waals surface area contributed by atoms with Gasteiger partial charge in [-0.3, -0.25) is 4.79 Å². The average Bonchev–Trinajstić information content (AvgIpc) is 3.14. The minimum absolute atomic E-state index is 0.127. The van der Waals surface area contributed by atoms with E-state index in [2.05, 4.69) is 25.5 Å². The van der Waals surface area contributed by atoms with Crippen molar-refractivity contribution in [1.82, 2.24) is 25.5 Å². The number of ether oxygens (including phenoxy) is 2. The number of aromatic nitrogens is 4. The van der Waals surface area contributed by atoms with Crippen molar-refractivity contribution in [2.75, 3.05) is 18.9 Å². The summed E-state index contributed by atoms with van der Waals surface area (Å²) in [6.45, 7) is 0.766. The molecule has 1 aliphatic heterocycles. The number of para-hydroxylation sites is 3. The Morgan fingerprint density at radius 2 is 1.97 bits per heavy atom. The standard InChI is InChI=1S/C20H17N5O3S/c26-17(21-9-12-10-27-15-7-3-4-8-16(15)28-12)11-29-20-23-19-18(24-25-20)13-5-1-2-6-14(13)22-19/h1-8,12H,9-11H2,(H,21,26)(H,22,23,25)/t12-/m1/s1. The largest absolute Gasteiger partial charge is 0.486 e. The van der Waals surface area contributed by atoms with Crippen LogP contribution in [0.15, 0.2) is 53.7 Å². The van der Waals surface area contributed by atoms with Gasteiger partial charge < -0.3 is 19.8 Å². The van der Waals surface area contributed by atoms with Crippen LogP contribution in [0.5, 0.6) is 11.5 Å². The first-order valence-corrected chi connectivity index (χ1v) is 10.1. The zero-order chi connectivity index (χ0) is 19.6. The number of H-pyrrole nitrogens is 1. The molecule has 4 aromatic rings. The second-order valence-electron chi connectivity index (χ2n) is 6.55. The molecule has 0 spiro atoms. The summed E-state index contributed by atoms with van der Waals surface area (Å²) >= 11 is 1.24. The van der Waals surface area contributed by atoms with E-state index in [1.807, 2.05) is 48.5 Å². The van der Waals surface area contributed by atoms with Crippen molar-refractivity contribution in [3.05, 3.63) is 48.5 Å². The number of carbonyl (C=O) groups excluding carboxylic acids is 1. The summed E-state index contributed by atoms with van der Waals surface area (Å²) in [7, 11) is 0. The van der Waals surface area contributed by atoms with Gasteiger partial charge in [0.2, 0.25) is 11.1 Å². The van der Waals surface area contributed by atoms with Crippen molar-refractivity contribution in [2.24, 2.45) is 0 Å². The monoisotopic (exact) mass is 407 g/mol. The molecule has 2 N–H and O–H groups in total. The van der Waals surface area contributed by atoms with E-state index in [0.717, 1.165) is 22.2 Å². The first kappa shape index (κ1) is 17.7. The van der Waals surface area contributed by atoms with Gasteiger partial charge in [0.1, 0.15) is 18.2 Å². The van der Waals surface area contributed by atoms with Gasteiger partial charge in [-0.2, -0.15) is 0 Å². The van der Waals surface area contributed by atoms with E-state index in [-0.39, 0.29) is 17.8 Å². The van der Waals surface area contributed by atoms with Gasteiger partial charge in [-0.05, 0) is 18.2 Å². The van der Waals surface area contributed by atoms with Crippen molar-refractivity contribution >= 4 is 39.7 Å². The van der Waals surface area contributed by atoms with Gasteiger partial charge in [-0.1, -0.05) is 42.1 Å². The molecular formula is C20H17N5O3S. The maximum Gasteiger partial charge on any atom is 0.230 e. The topological polar surface area (TPSA) is 102 Å². The molecule has 0 unspecified atom stereocenters. The van der Waals surface area contributed by atoms with Gasteiger partial charge in [0, 0.05) is 10.9 Å². The number of nitrogens with zero attached hydrogens (tertiary/aromatic N) is 3. The number of rotatable bonds is 5. The second kappa shape index (κ2) is 7.59. The van der Waals surface area contributed by atoms with Crippen LogP contribution in [-0.2, 0) is 4.79 Å². The van der Waals surface area contributed by atoms with Crippen molar-refractivity contribution in [1.29, 1.82) is 0 Å². The third kappa shape index (κ3) is 3.68. The number of amides is 1. The Kier molecular flexibility index (Phi) is 4.65. The minimum Gasteiger partial charge on any atom is -0.486 e. The van der Waals surface area contributed by atoms with Crippen LogP contribution in [0.4, 0.5) is 0 Å². The molecule has 3 heterocycles. The smallest absolute Gasteiger partial charge is 0.230 e. The molecular weight excluding hydrogens is 390 g/mol. The Hall–Kier alpha value is -3.33. The first-order valence-electron chi connectivity index (χ1n) is 9.15. The molecule has 0 radical (unpaired) electrons. The van der Waals surface area contributed by atoms with Gasteiger partial charge in [0.05, 0.1) is 12.3 Å². The Bertz CT molecular complexity index is 1200. The van der Waals surface area contributed by atoms with Crippen LogP contribution in [0.2, 0.25) is 0 Å². The van der Waals surface area contributed by atoms with Crippen LogP contribution in [0, 0.1) is 0 Å². The Morgan fingerprint density at radius 3 is 2.90 bits per heavy atom. The Balaban J connectivity index is 1.16. The van der Waals surface area contributed by atoms with Crippen LogP contribution < -0.4 is 14.8 Å². The summed E-state index contributed by atoms with van der Waals surface area (Å²) in [4.78, 5) is 19.9. The fraction of sp³-hybridized carbons (Fsp3) is 0.200. The van der Waals surface area contributed by atoms with Crippen LogP contribution in [0.25, 0.3) is 22.1 Å². The predicted molar refractivity (Wildman–Crippen MR) is 109 cm³/mol. The van der Waals surface area contributed by atoms with Crippen molar-refractivity contribution in [3.63, 3.8) is 0 Å². The summed E-state index contributed by atoms with van der Waals surface area (Å²) in [6, 6.07) is 15.3. The highest BCUT2D eigenvalue weighted by molar-refractivity contribution is 7.99. The van der Waals surface area contributed by atoms with E-state index in [1.165, 1.54) is 11.8 Å².